The first-order valence-electron chi connectivity index (χ1n) is 4.95. The molecule has 0 atom stereocenters. The smallest absolute Gasteiger partial charge is 0.268 e. The van der Waals surface area contributed by atoms with Gasteiger partial charge in [0.15, 0.2) is 0 Å². The molecule has 0 aliphatic carbocycles. The monoisotopic (exact) mass is 339 g/mol. The van der Waals surface area contributed by atoms with E-state index in [2.05, 4.69) is 8.37 Å². The standard InChI is InChI=1S/C7H17NO8S3/c1-15-19(13,14)7-5-8(17(2,9)10)4-6-16-18(3,11)12/h4-7H2,1-3H3. The first kappa shape index (κ1) is 18.7. The molecule has 0 fully saturated rings. The van der Waals surface area contributed by atoms with E-state index < -0.39 is 36.0 Å². The average molecular weight is 339 g/mol. The van der Waals surface area contributed by atoms with Crippen molar-refractivity contribution in [2.75, 3.05) is 45.1 Å². The van der Waals surface area contributed by atoms with Crippen molar-refractivity contribution in [3.8, 4) is 0 Å². The molecule has 0 aliphatic heterocycles. The van der Waals surface area contributed by atoms with Gasteiger partial charge in [-0.25, -0.2) is 8.42 Å². The van der Waals surface area contributed by atoms with Crippen molar-refractivity contribution < 1.29 is 33.6 Å². The quantitative estimate of drug-likeness (QED) is 0.451. The van der Waals surface area contributed by atoms with Crippen molar-refractivity contribution in [2.24, 2.45) is 0 Å². The van der Waals surface area contributed by atoms with Crippen LogP contribution < -0.4 is 0 Å². The molecule has 0 amide bonds. The van der Waals surface area contributed by atoms with Crippen LogP contribution in [0.2, 0.25) is 0 Å². The SMILES string of the molecule is COS(=O)(=O)CCN(CCOS(C)(=O)=O)S(C)(=O)=O. The Morgan fingerprint density at radius 2 is 1.47 bits per heavy atom. The topological polar surface area (TPSA) is 124 Å². The van der Waals surface area contributed by atoms with Gasteiger partial charge in [-0.15, -0.1) is 0 Å². The molecule has 0 N–H and O–H groups in total. The van der Waals surface area contributed by atoms with Crippen LogP contribution in [0.3, 0.4) is 0 Å². The van der Waals surface area contributed by atoms with E-state index in [4.69, 9.17) is 0 Å². The average Bonchev–Trinajstić information content (AvgIpc) is 2.19. The highest BCUT2D eigenvalue weighted by molar-refractivity contribution is 7.88. The second-order valence-corrected chi connectivity index (χ2v) is 9.10. The van der Waals surface area contributed by atoms with Crippen LogP contribution in [0.4, 0.5) is 0 Å². The zero-order valence-electron chi connectivity index (χ0n) is 10.8. The molecule has 0 saturated heterocycles. The molecular formula is C7H17NO8S3. The summed E-state index contributed by atoms with van der Waals surface area (Å²) in [6.07, 6.45) is 1.71. The summed E-state index contributed by atoms with van der Waals surface area (Å²) in [4.78, 5) is 0. The van der Waals surface area contributed by atoms with Crippen molar-refractivity contribution in [1.82, 2.24) is 4.31 Å². The lowest BCUT2D eigenvalue weighted by Gasteiger charge is -2.19. The molecule has 0 aromatic rings. The van der Waals surface area contributed by atoms with Crippen LogP contribution in [-0.2, 0) is 38.6 Å². The van der Waals surface area contributed by atoms with Crippen LogP contribution in [0.1, 0.15) is 0 Å². The Morgan fingerprint density at radius 3 is 1.84 bits per heavy atom. The number of nitrogens with zero attached hydrogens (tertiary/aromatic N) is 1. The Bertz CT molecular complexity index is 576. The van der Waals surface area contributed by atoms with Crippen LogP contribution in [0.5, 0.6) is 0 Å². The zero-order valence-corrected chi connectivity index (χ0v) is 13.2. The number of sulfonamides is 1. The van der Waals surface area contributed by atoms with E-state index in [1.807, 2.05) is 0 Å². The molecule has 12 heteroatoms. The van der Waals surface area contributed by atoms with Crippen molar-refractivity contribution >= 4 is 30.3 Å². The minimum Gasteiger partial charge on any atom is -0.273 e. The summed E-state index contributed by atoms with van der Waals surface area (Å²) in [5.41, 5.74) is 0. The molecule has 0 radical (unpaired) electrons. The van der Waals surface area contributed by atoms with Gasteiger partial charge in [0.25, 0.3) is 20.2 Å². The number of rotatable bonds is 9. The van der Waals surface area contributed by atoms with Crippen LogP contribution in [0.15, 0.2) is 0 Å². The molecule has 0 spiro atoms. The summed E-state index contributed by atoms with van der Waals surface area (Å²) in [6.45, 7) is -1.01. The molecule has 0 aromatic heterocycles. The van der Waals surface area contributed by atoms with Crippen molar-refractivity contribution in [3.05, 3.63) is 0 Å². The van der Waals surface area contributed by atoms with Crippen LogP contribution in [0.25, 0.3) is 0 Å². The Labute approximate surface area is 113 Å². The summed E-state index contributed by atoms with van der Waals surface area (Å²) in [5.74, 6) is -0.532. The second kappa shape index (κ2) is 6.95. The van der Waals surface area contributed by atoms with Gasteiger partial charge in [-0.2, -0.15) is 21.1 Å². The van der Waals surface area contributed by atoms with Gasteiger partial charge < -0.3 is 0 Å². The van der Waals surface area contributed by atoms with Crippen molar-refractivity contribution in [2.45, 2.75) is 0 Å². The van der Waals surface area contributed by atoms with E-state index in [9.17, 15) is 25.3 Å². The Morgan fingerprint density at radius 1 is 0.947 bits per heavy atom. The van der Waals surface area contributed by atoms with E-state index in [1.54, 1.807) is 0 Å². The number of hydrogen-bond donors (Lipinski definition) is 0. The predicted molar refractivity (Wildman–Crippen MR) is 68.0 cm³/mol. The second-order valence-electron chi connectivity index (χ2n) is 3.62. The third kappa shape index (κ3) is 9.29. The maximum atomic E-state index is 11.4. The largest absolute Gasteiger partial charge is 0.273 e. The maximum absolute atomic E-state index is 11.4. The Hall–Kier alpha value is -0.270. The van der Waals surface area contributed by atoms with E-state index in [-0.39, 0.29) is 19.7 Å². The van der Waals surface area contributed by atoms with Crippen molar-refractivity contribution in [3.63, 3.8) is 0 Å². The molecule has 0 bridgehead atoms. The van der Waals surface area contributed by atoms with E-state index >= 15 is 0 Å². The highest BCUT2D eigenvalue weighted by atomic mass is 32.2. The highest BCUT2D eigenvalue weighted by Crippen LogP contribution is 2.01. The fourth-order valence-corrected chi connectivity index (χ4v) is 2.96. The molecular weight excluding hydrogens is 322 g/mol. The van der Waals surface area contributed by atoms with Gasteiger partial charge in [0.1, 0.15) is 0 Å². The zero-order chi connectivity index (χ0) is 15.3. The van der Waals surface area contributed by atoms with Gasteiger partial charge in [0.05, 0.1) is 32.0 Å². The normalized spacial score (nSPS) is 13.9. The summed E-state index contributed by atoms with van der Waals surface area (Å²) in [6, 6.07) is 0. The van der Waals surface area contributed by atoms with Gasteiger partial charge in [0.2, 0.25) is 10.0 Å². The lowest BCUT2D eigenvalue weighted by molar-refractivity contribution is 0.281. The lowest BCUT2D eigenvalue weighted by Crippen LogP contribution is -2.37. The fraction of sp³-hybridized carbons (Fsp3) is 1.00. The van der Waals surface area contributed by atoms with Crippen LogP contribution >= 0.6 is 0 Å². The first-order chi connectivity index (χ1) is 8.37. The molecule has 116 valence electrons. The molecule has 19 heavy (non-hydrogen) atoms. The molecule has 0 saturated carbocycles. The molecule has 0 unspecified atom stereocenters. The maximum Gasteiger partial charge on any atom is 0.268 e. The molecule has 0 aromatic carbocycles. The molecule has 0 heterocycles. The highest BCUT2D eigenvalue weighted by Gasteiger charge is 2.20. The van der Waals surface area contributed by atoms with E-state index in [0.29, 0.717) is 0 Å². The predicted octanol–water partition coefficient (Wildman–Crippen LogP) is -1.80. The summed E-state index contributed by atoms with van der Waals surface area (Å²) in [7, 11) is -10.2. The third-order valence-corrected chi connectivity index (χ3v) is 5.04. The summed E-state index contributed by atoms with van der Waals surface area (Å²) >= 11 is 0. The van der Waals surface area contributed by atoms with Gasteiger partial charge in [0, 0.05) is 13.1 Å². The number of hydrogen-bond acceptors (Lipinski definition) is 8. The van der Waals surface area contributed by atoms with Crippen LogP contribution in [0, 0.1) is 0 Å². The Kier molecular flexibility index (Phi) is 6.85. The third-order valence-electron chi connectivity index (χ3n) is 1.95. The first-order valence-corrected chi connectivity index (χ1v) is 10.2. The minimum atomic E-state index is -3.79. The molecule has 0 aliphatic rings. The summed E-state index contributed by atoms with van der Waals surface area (Å²) < 4.78 is 75.8. The van der Waals surface area contributed by atoms with E-state index in [1.165, 1.54) is 0 Å². The van der Waals surface area contributed by atoms with Gasteiger partial charge in [-0.05, 0) is 0 Å². The lowest BCUT2D eigenvalue weighted by atomic mass is 10.6. The Balaban J connectivity index is 4.60. The summed E-state index contributed by atoms with van der Waals surface area (Å²) in [5, 5.41) is 0. The van der Waals surface area contributed by atoms with Crippen molar-refractivity contribution in [1.29, 1.82) is 0 Å². The van der Waals surface area contributed by atoms with E-state index in [0.717, 1.165) is 23.9 Å². The molecule has 9 nitrogen and oxygen atoms in total. The van der Waals surface area contributed by atoms with Gasteiger partial charge in [-0.1, -0.05) is 0 Å². The molecule has 0 rings (SSSR count). The van der Waals surface area contributed by atoms with Gasteiger partial charge in [-0.3, -0.25) is 8.37 Å². The van der Waals surface area contributed by atoms with Crippen LogP contribution in [-0.4, -0.2) is 74.6 Å². The minimum absolute atomic E-state index is 0.273. The van der Waals surface area contributed by atoms with Gasteiger partial charge >= 0.3 is 0 Å². The fourth-order valence-electron chi connectivity index (χ4n) is 1.03.